The van der Waals surface area contributed by atoms with Crippen LogP contribution in [0.3, 0.4) is 0 Å². The van der Waals surface area contributed by atoms with E-state index in [1.165, 1.54) is 25.5 Å². The van der Waals surface area contributed by atoms with Gasteiger partial charge in [-0.3, -0.25) is 4.79 Å². The molecule has 0 aromatic heterocycles. The number of amides is 1. The van der Waals surface area contributed by atoms with Crippen molar-refractivity contribution < 1.29 is 24.1 Å². The van der Waals surface area contributed by atoms with Gasteiger partial charge in [0.15, 0.2) is 23.0 Å². The molecule has 2 N–H and O–H groups in total. The molecule has 0 bridgehead atoms. The van der Waals surface area contributed by atoms with Gasteiger partial charge in [0.2, 0.25) is 6.10 Å². The minimum Gasteiger partial charge on any atom is -0.503 e. The van der Waals surface area contributed by atoms with E-state index < -0.39 is 12.0 Å². The Morgan fingerprint density at radius 2 is 2.16 bits per heavy atom. The topological polar surface area (TPSA) is 89.4 Å². The van der Waals surface area contributed by atoms with Gasteiger partial charge < -0.3 is 19.3 Å². The quantitative estimate of drug-likeness (QED) is 0.643. The summed E-state index contributed by atoms with van der Waals surface area (Å²) in [5.74, 6) is 0.717. The van der Waals surface area contributed by atoms with E-state index in [0.29, 0.717) is 17.1 Å². The van der Waals surface area contributed by atoms with E-state index in [1.54, 1.807) is 18.2 Å². The van der Waals surface area contributed by atoms with E-state index in [0.717, 1.165) is 0 Å². The minimum absolute atomic E-state index is 0.0945. The molecule has 130 valence electrons. The van der Waals surface area contributed by atoms with E-state index in [9.17, 15) is 9.90 Å². The number of ether oxygens (including phenoxy) is 3. The van der Waals surface area contributed by atoms with Crippen LogP contribution in [0.15, 0.2) is 41.5 Å². The van der Waals surface area contributed by atoms with Crippen LogP contribution in [0.25, 0.3) is 0 Å². The summed E-state index contributed by atoms with van der Waals surface area (Å²) in [6.45, 7) is 0.0945. The molecule has 1 amide bonds. The molecular formula is C17H15ClN2O5. The smallest absolute Gasteiger partial charge is 0.284 e. The molecule has 0 aliphatic carbocycles. The highest BCUT2D eigenvalue weighted by Crippen LogP contribution is 2.34. The van der Waals surface area contributed by atoms with Gasteiger partial charge in [0.1, 0.15) is 6.61 Å². The van der Waals surface area contributed by atoms with Gasteiger partial charge in [0, 0.05) is 0 Å². The van der Waals surface area contributed by atoms with Crippen molar-refractivity contribution in [3.63, 3.8) is 0 Å². The highest BCUT2D eigenvalue weighted by Gasteiger charge is 2.26. The Balaban J connectivity index is 1.63. The van der Waals surface area contributed by atoms with Crippen LogP contribution in [0.4, 0.5) is 0 Å². The second-order valence-corrected chi connectivity index (χ2v) is 5.56. The van der Waals surface area contributed by atoms with Crippen LogP contribution in [-0.4, -0.2) is 37.0 Å². The molecule has 1 unspecified atom stereocenters. The molecule has 0 fully saturated rings. The minimum atomic E-state index is -0.801. The number of hydrogen-bond acceptors (Lipinski definition) is 6. The summed E-state index contributed by atoms with van der Waals surface area (Å²) in [6.07, 6.45) is 0.577. The fraction of sp³-hybridized carbons (Fsp3) is 0.176. The number of phenolic OH excluding ortho intramolecular Hbond substituents is 1. The van der Waals surface area contributed by atoms with Crippen LogP contribution in [0, 0.1) is 0 Å². The predicted molar refractivity (Wildman–Crippen MR) is 91.8 cm³/mol. The van der Waals surface area contributed by atoms with Crippen molar-refractivity contribution in [2.75, 3.05) is 13.7 Å². The first kappa shape index (κ1) is 16.9. The van der Waals surface area contributed by atoms with Gasteiger partial charge in [-0.2, -0.15) is 5.10 Å². The van der Waals surface area contributed by atoms with E-state index in [2.05, 4.69) is 10.5 Å². The lowest BCUT2D eigenvalue weighted by Gasteiger charge is -2.24. The van der Waals surface area contributed by atoms with Crippen molar-refractivity contribution in [1.82, 2.24) is 5.43 Å². The van der Waals surface area contributed by atoms with Crippen molar-refractivity contribution in [3.05, 3.63) is 47.0 Å². The first-order valence-corrected chi connectivity index (χ1v) is 7.74. The Labute approximate surface area is 148 Å². The van der Waals surface area contributed by atoms with Gasteiger partial charge >= 0.3 is 0 Å². The summed E-state index contributed by atoms with van der Waals surface area (Å²) in [4.78, 5) is 12.1. The third-order valence-corrected chi connectivity index (χ3v) is 3.75. The van der Waals surface area contributed by atoms with Crippen LogP contribution >= 0.6 is 11.6 Å². The number of rotatable bonds is 4. The van der Waals surface area contributed by atoms with Crippen LogP contribution in [0.5, 0.6) is 23.0 Å². The second-order valence-electron chi connectivity index (χ2n) is 5.15. The molecule has 0 saturated carbocycles. The van der Waals surface area contributed by atoms with Crippen molar-refractivity contribution in [3.8, 4) is 23.0 Å². The van der Waals surface area contributed by atoms with E-state index >= 15 is 0 Å². The van der Waals surface area contributed by atoms with Gasteiger partial charge in [0.05, 0.1) is 18.3 Å². The molecule has 8 heteroatoms. The Morgan fingerprint density at radius 1 is 1.40 bits per heavy atom. The molecule has 0 saturated heterocycles. The number of phenols is 1. The number of halogens is 1. The molecule has 7 nitrogen and oxygen atoms in total. The molecule has 1 aliphatic heterocycles. The lowest BCUT2D eigenvalue weighted by Crippen LogP contribution is -2.42. The Morgan fingerprint density at radius 3 is 2.92 bits per heavy atom. The normalized spacial score (nSPS) is 15.8. The van der Waals surface area contributed by atoms with E-state index in [4.69, 9.17) is 25.8 Å². The maximum atomic E-state index is 12.1. The standard InChI is InChI=1S/C17H15ClN2O5/c1-23-14-7-10(6-11(18)16(14)21)8-19-20-17(22)15-9-24-12-4-2-3-5-13(12)25-15/h2-8,15,21H,9H2,1H3,(H,20,22)/b19-8-. The molecule has 3 rings (SSSR count). The summed E-state index contributed by atoms with van der Waals surface area (Å²) in [5, 5.41) is 13.7. The summed E-state index contributed by atoms with van der Waals surface area (Å²) >= 11 is 5.89. The predicted octanol–water partition coefficient (Wildman–Crippen LogP) is 2.34. The molecule has 25 heavy (non-hydrogen) atoms. The zero-order chi connectivity index (χ0) is 17.8. The molecule has 1 heterocycles. The van der Waals surface area contributed by atoms with Gasteiger partial charge in [-0.05, 0) is 29.8 Å². The number of nitrogens with one attached hydrogen (secondary N) is 1. The zero-order valence-electron chi connectivity index (χ0n) is 13.2. The monoisotopic (exact) mass is 362 g/mol. The largest absolute Gasteiger partial charge is 0.503 e. The van der Waals surface area contributed by atoms with Crippen LogP contribution < -0.4 is 19.6 Å². The lowest BCUT2D eigenvalue weighted by atomic mass is 10.2. The number of carbonyl (C=O) groups is 1. The lowest BCUT2D eigenvalue weighted by molar-refractivity contribution is -0.130. The van der Waals surface area contributed by atoms with Crippen molar-refractivity contribution in [2.24, 2.45) is 5.10 Å². The first-order chi connectivity index (χ1) is 12.1. The maximum Gasteiger partial charge on any atom is 0.284 e. The molecule has 1 aliphatic rings. The van der Waals surface area contributed by atoms with Crippen LogP contribution in [-0.2, 0) is 4.79 Å². The molecular weight excluding hydrogens is 348 g/mol. The number of aromatic hydroxyl groups is 1. The number of nitrogens with zero attached hydrogens (tertiary/aromatic N) is 1. The number of hydrogen-bond donors (Lipinski definition) is 2. The van der Waals surface area contributed by atoms with Crippen molar-refractivity contribution in [2.45, 2.75) is 6.10 Å². The summed E-state index contributed by atoms with van der Waals surface area (Å²) in [7, 11) is 1.41. The number of hydrazone groups is 1. The van der Waals surface area contributed by atoms with Crippen molar-refractivity contribution in [1.29, 1.82) is 0 Å². The first-order valence-electron chi connectivity index (χ1n) is 7.36. The van der Waals surface area contributed by atoms with Gasteiger partial charge in [-0.25, -0.2) is 5.43 Å². The van der Waals surface area contributed by atoms with Gasteiger partial charge in [0.25, 0.3) is 5.91 Å². The number of fused-ring (bicyclic) bond motifs is 1. The second kappa shape index (κ2) is 7.31. The molecule has 2 aromatic rings. The zero-order valence-corrected chi connectivity index (χ0v) is 14.0. The van der Waals surface area contributed by atoms with Gasteiger partial charge in [-0.15, -0.1) is 0 Å². The third-order valence-electron chi connectivity index (χ3n) is 3.46. The van der Waals surface area contributed by atoms with Crippen LogP contribution in [0.1, 0.15) is 5.56 Å². The SMILES string of the molecule is COc1cc(/C=N\NC(=O)C2COc3ccccc3O2)cc(Cl)c1O. The Hall–Kier alpha value is -2.93. The fourth-order valence-corrected chi connectivity index (χ4v) is 2.43. The average molecular weight is 363 g/mol. The van der Waals surface area contributed by atoms with Crippen LogP contribution in [0.2, 0.25) is 5.02 Å². The summed E-state index contributed by atoms with van der Waals surface area (Å²) < 4.78 is 16.1. The number of carbonyl (C=O) groups excluding carboxylic acids is 1. The highest BCUT2D eigenvalue weighted by atomic mass is 35.5. The number of para-hydroxylation sites is 2. The van der Waals surface area contributed by atoms with E-state index in [1.807, 2.05) is 6.07 Å². The van der Waals surface area contributed by atoms with Crippen molar-refractivity contribution >= 4 is 23.7 Å². The third kappa shape index (κ3) is 3.77. The van der Waals surface area contributed by atoms with E-state index in [-0.39, 0.29) is 23.1 Å². The molecule has 0 radical (unpaired) electrons. The average Bonchev–Trinajstić information content (AvgIpc) is 2.63. The fourth-order valence-electron chi connectivity index (χ4n) is 2.22. The molecule has 1 atom stereocenters. The maximum absolute atomic E-state index is 12.1. The Bertz CT molecular complexity index is 825. The van der Waals surface area contributed by atoms with Gasteiger partial charge in [-0.1, -0.05) is 23.7 Å². The number of benzene rings is 2. The molecule has 2 aromatic carbocycles. The molecule has 0 spiro atoms. The highest BCUT2D eigenvalue weighted by molar-refractivity contribution is 6.32. The summed E-state index contributed by atoms with van der Waals surface area (Å²) in [6, 6.07) is 10.1. The summed E-state index contributed by atoms with van der Waals surface area (Å²) in [5.41, 5.74) is 2.93. The Kier molecular flexibility index (Phi) is 4.95. The number of methoxy groups -OCH3 is 1.